The molecule has 0 aliphatic heterocycles. The zero-order chi connectivity index (χ0) is 12.6. The molecule has 0 aromatic rings. The van der Waals surface area contributed by atoms with Gasteiger partial charge in [-0.3, -0.25) is 10.1 Å². The van der Waals surface area contributed by atoms with Crippen LogP contribution in [0.15, 0.2) is 0 Å². The topological polar surface area (TPSA) is 58.6 Å². The first kappa shape index (κ1) is 15.2. The first-order valence-electron chi connectivity index (χ1n) is 5.20. The second-order valence-corrected chi connectivity index (χ2v) is 4.01. The van der Waals surface area contributed by atoms with E-state index in [4.69, 9.17) is 16.3 Å². The molecule has 16 heavy (non-hydrogen) atoms. The molecule has 0 spiro atoms. The summed E-state index contributed by atoms with van der Waals surface area (Å²) in [6.07, 6.45) is 0.276. The number of carbonyl (C=O) groups excluding carboxylic acids is 2. The van der Waals surface area contributed by atoms with Crippen LogP contribution in [-0.4, -0.2) is 49.0 Å². The van der Waals surface area contributed by atoms with Gasteiger partial charge in [0.05, 0.1) is 12.7 Å². The molecule has 3 amide bonds. The normalized spacial score (nSPS) is 10.3. The van der Waals surface area contributed by atoms with Crippen LogP contribution in [0.3, 0.4) is 0 Å². The van der Waals surface area contributed by atoms with Gasteiger partial charge in [0.25, 0.3) is 0 Å². The number of nitrogens with zero attached hydrogens (tertiary/aromatic N) is 1. The number of imide groups is 1. The van der Waals surface area contributed by atoms with Crippen LogP contribution in [-0.2, 0) is 9.53 Å². The summed E-state index contributed by atoms with van der Waals surface area (Å²) >= 11 is 5.37. The van der Waals surface area contributed by atoms with Gasteiger partial charge in [-0.1, -0.05) is 0 Å². The molecule has 0 aliphatic rings. The van der Waals surface area contributed by atoms with Gasteiger partial charge in [-0.25, -0.2) is 4.79 Å². The van der Waals surface area contributed by atoms with Crippen molar-refractivity contribution in [2.45, 2.75) is 26.4 Å². The number of carbonyl (C=O) groups is 2. The number of amides is 3. The molecule has 0 aromatic heterocycles. The highest BCUT2D eigenvalue weighted by molar-refractivity contribution is 6.19. The zero-order valence-electron chi connectivity index (χ0n) is 9.96. The van der Waals surface area contributed by atoms with E-state index >= 15 is 0 Å². The van der Waals surface area contributed by atoms with Gasteiger partial charge >= 0.3 is 6.03 Å². The molecule has 0 aromatic carbocycles. The van der Waals surface area contributed by atoms with E-state index in [1.807, 2.05) is 13.8 Å². The van der Waals surface area contributed by atoms with Gasteiger partial charge in [0.1, 0.15) is 0 Å². The molecular weight excluding hydrogens is 232 g/mol. The predicted molar refractivity (Wildman–Crippen MR) is 62.6 cm³/mol. The quantitative estimate of drug-likeness (QED) is 0.721. The highest BCUT2D eigenvalue weighted by Crippen LogP contribution is 1.91. The van der Waals surface area contributed by atoms with Crippen molar-refractivity contribution in [1.82, 2.24) is 10.2 Å². The lowest BCUT2D eigenvalue weighted by Crippen LogP contribution is -2.42. The second-order valence-electron chi connectivity index (χ2n) is 3.63. The highest BCUT2D eigenvalue weighted by Gasteiger charge is 2.11. The molecule has 0 heterocycles. The standard InChI is InChI=1S/C10H19ClN2O3/c1-8(2)16-7-6-13(3)10(15)12-9(14)4-5-11/h8H,4-7H2,1-3H3,(H,12,14,15). The Bertz CT molecular complexity index is 234. The summed E-state index contributed by atoms with van der Waals surface area (Å²) in [5.74, 6) is -0.157. The summed E-state index contributed by atoms with van der Waals surface area (Å²) in [7, 11) is 1.60. The van der Waals surface area contributed by atoms with Crippen molar-refractivity contribution in [3.8, 4) is 0 Å². The molecule has 0 saturated heterocycles. The molecule has 0 radical (unpaired) electrons. The Labute approximate surface area is 101 Å². The van der Waals surface area contributed by atoms with Crippen molar-refractivity contribution in [3.63, 3.8) is 0 Å². The van der Waals surface area contributed by atoms with E-state index in [1.54, 1.807) is 7.05 Å². The third-order valence-electron chi connectivity index (χ3n) is 1.79. The SMILES string of the molecule is CC(C)OCCN(C)C(=O)NC(=O)CCCl. The summed E-state index contributed by atoms with van der Waals surface area (Å²) in [6.45, 7) is 4.73. The van der Waals surface area contributed by atoms with Crippen molar-refractivity contribution in [1.29, 1.82) is 0 Å². The summed E-state index contributed by atoms with van der Waals surface area (Å²) in [4.78, 5) is 23.9. The average Bonchev–Trinajstić information content (AvgIpc) is 2.17. The number of hydrogen-bond donors (Lipinski definition) is 1. The lowest BCUT2D eigenvalue weighted by molar-refractivity contribution is -0.119. The van der Waals surface area contributed by atoms with Gasteiger partial charge < -0.3 is 9.64 Å². The Kier molecular flexibility index (Phi) is 7.93. The number of urea groups is 1. The first-order valence-corrected chi connectivity index (χ1v) is 5.73. The molecule has 0 unspecified atom stereocenters. The number of likely N-dealkylation sites (N-methyl/N-ethyl adjacent to an activating group) is 1. The van der Waals surface area contributed by atoms with E-state index in [1.165, 1.54) is 4.90 Å². The van der Waals surface area contributed by atoms with Gasteiger partial charge in [-0.05, 0) is 13.8 Å². The minimum absolute atomic E-state index is 0.134. The molecule has 0 saturated carbocycles. The fourth-order valence-corrected chi connectivity index (χ4v) is 1.06. The second kappa shape index (κ2) is 8.35. The van der Waals surface area contributed by atoms with E-state index < -0.39 is 6.03 Å². The number of halogens is 1. The largest absolute Gasteiger partial charge is 0.377 e. The first-order chi connectivity index (χ1) is 7.47. The van der Waals surface area contributed by atoms with Gasteiger partial charge in [0.15, 0.2) is 0 Å². The summed E-state index contributed by atoms with van der Waals surface area (Å²) < 4.78 is 5.29. The van der Waals surface area contributed by atoms with Crippen LogP contribution in [0.4, 0.5) is 4.79 Å². The van der Waals surface area contributed by atoms with Crippen molar-refractivity contribution >= 4 is 23.5 Å². The molecule has 6 heteroatoms. The average molecular weight is 251 g/mol. The van der Waals surface area contributed by atoms with Crippen LogP contribution in [0.25, 0.3) is 0 Å². The van der Waals surface area contributed by atoms with Gasteiger partial charge in [-0.2, -0.15) is 0 Å². The zero-order valence-corrected chi connectivity index (χ0v) is 10.7. The summed E-state index contributed by atoms with van der Waals surface area (Å²) in [5.41, 5.74) is 0. The fraction of sp³-hybridized carbons (Fsp3) is 0.800. The van der Waals surface area contributed by atoms with Gasteiger partial charge in [-0.15, -0.1) is 11.6 Å². The number of alkyl halides is 1. The van der Waals surface area contributed by atoms with E-state index in [0.29, 0.717) is 13.2 Å². The molecule has 0 bridgehead atoms. The minimum Gasteiger partial charge on any atom is -0.377 e. The lowest BCUT2D eigenvalue weighted by atomic mass is 10.4. The Morgan fingerprint density at radius 2 is 2.06 bits per heavy atom. The van der Waals surface area contributed by atoms with Crippen molar-refractivity contribution in [2.75, 3.05) is 26.1 Å². The third kappa shape index (κ3) is 7.48. The summed E-state index contributed by atoms with van der Waals surface area (Å²) in [5, 5.41) is 2.23. The molecule has 0 atom stereocenters. The number of ether oxygens (including phenoxy) is 1. The van der Waals surface area contributed by atoms with Crippen LogP contribution < -0.4 is 5.32 Å². The maximum Gasteiger partial charge on any atom is 0.323 e. The van der Waals surface area contributed by atoms with Crippen molar-refractivity contribution in [3.05, 3.63) is 0 Å². The Morgan fingerprint density at radius 1 is 1.44 bits per heavy atom. The monoisotopic (exact) mass is 250 g/mol. The third-order valence-corrected chi connectivity index (χ3v) is 1.98. The number of hydrogen-bond acceptors (Lipinski definition) is 3. The molecule has 0 rings (SSSR count). The molecule has 94 valence electrons. The van der Waals surface area contributed by atoms with Crippen LogP contribution in [0.2, 0.25) is 0 Å². The maximum absolute atomic E-state index is 11.4. The summed E-state index contributed by atoms with van der Waals surface area (Å²) in [6, 6.07) is -0.428. The van der Waals surface area contributed by atoms with E-state index in [9.17, 15) is 9.59 Å². The Hall–Kier alpha value is -0.810. The minimum atomic E-state index is -0.428. The smallest absolute Gasteiger partial charge is 0.323 e. The van der Waals surface area contributed by atoms with Crippen molar-refractivity contribution < 1.29 is 14.3 Å². The predicted octanol–water partition coefficient (Wildman–Crippen LogP) is 1.21. The number of nitrogens with one attached hydrogen (secondary N) is 1. The lowest BCUT2D eigenvalue weighted by Gasteiger charge is -2.18. The van der Waals surface area contributed by atoms with E-state index in [2.05, 4.69) is 5.32 Å². The van der Waals surface area contributed by atoms with Crippen LogP contribution in [0, 0.1) is 0 Å². The maximum atomic E-state index is 11.4. The molecule has 1 N–H and O–H groups in total. The van der Waals surface area contributed by atoms with E-state index in [0.717, 1.165) is 0 Å². The highest BCUT2D eigenvalue weighted by atomic mass is 35.5. The fourth-order valence-electron chi connectivity index (χ4n) is 0.890. The molecular formula is C10H19ClN2O3. The van der Waals surface area contributed by atoms with Crippen LogP contribution in [0.5, 0.6) is 0 Å². The van der Waals surface area contributed by atoms with Crippen LogP contribution >= 0.6 is 11.6 Å². The van der Waals surface area contributed by atoms with Gasteiger partial charge in [0, 0.05) is 25.9 Å². The van der Waals surface area contributed by atoms with E-state index in [-0.39, 0.29) is 24.3 Å². The van der Waals surface area contributed by atoms with Crippen molar-refractivity contribution in [2.24, 2.45) is 0 Å². The number of rotatable bonds is 6. The molecule has 0 aliphatic carbocycles. The van der Waals surface area contributed by atoms with Crippen LogP contribution in [0.1, 0.15) is 20.3 Å². The Morgan fingerprint density at radius 3 is 2.56 bits per heavy atom. The molecule has 0 fully saturated rings. The Balaban J connectivity index is 3.77. The van der Waals surface area contributed by atoms with Gasteiger partial charge in [0.2, 0.25) is 5.91 Å². The molecule has 5 nitrogen and oxygen atoms in total.